The Morgan fingerprint density at radius 3 is 2.67 bits per heavy atom. The fraction of sp³-hybridized carbons (Fsp3) is 0.625. The van der Waals surface area contributed by atoms with E-state index in [-0.39, 0.29) is 17.9 Å². The van der Waals surface area contributed by atoms with Crippen LogP contribution in [0, 0.1) is 5.92 Å². The van der Waals surface area contributed by atoms with E-state index in [1.807, 2.05) is 6.07 Å². The molecule has 2 N–H and O–H groups in total. The van der Waals surface area contributed by atoms with Crippen LogP contribution in [0.3, 0.4) is 0 Å². The number of halogens is 1. The van der Waals surface area contributed by atoms with Crippen molar-refractivity contribution in [2.45, 2.75) is 32.2 Å². The molecule has 0 spiro atoms. The van der Waals surface area contributed by atoms with Crippen molar-refractivity contribution in [2.75, 3.05) is 26.4 Å². The van der Waals surface area contributed by atoms with Gasteiger partial charge in [0.25, 0.3) is 0 Å². The summed E-state index contributed by atoms with van der Waals surface area (Å²) in [5.41, 5.74) is 1.20. The Morgan fingerprint density at radius 2 is 1.90 bits per heavy atom. The zero-order valence-electron chi connectivity index (χ0n) is 12.8. The molecule has 5 heteroatoms. The highest BCUT2D eigenvalue weighted by molar-refractivity contribution is 5.85. The van der Waals surface area contributed by atoms with Crippen LogP contribution in [0.25, 0.3) is 0 Å². The van der Waals surface area contributed by atoms with Gasteiger partial charge in [0.2, 0.25) is 6.79 Å². The molecule has 0 aliphatic carbocycles. The molecule has 3 rings (SSSR count). The number of benzene rings is 1. The lowest BCUT2D eigenvalue weighted by atomic mass is 9.91. The Hall–Kier alpha value is -0.970. The van der Waals surface area contributed by atoms with Crippen LogP contribution in [0.5, 0.6) is 11.5 Å². The third-order valence-electron chi connectivity index (χ3n) is 4.39. The summed E-state index contributed by atoms with van der Waals surface area (Å²) in [5, 5.41) is 7.13. The van der Waals surface area contributed by atoms with E-state index in [9.17, 15) is 0 Å². The minimum atomic E-state index is -0.0497. The van der Waals surface area contributed by atoms with Crippen molar-refractivity contribution in [3.63, 3.8) is 0 Å². The van der Waals surface area contributed by atoms with Gasteiger partial charge in [0.15, 0.2) is 11.5 Å². The molecule has 0 atom stereocenters. The maximum Gasteiger partial charge on any atom is 0.231 e. The smallest absolute Gasteiger partial charge is 0.231 e. The van der Waals surface area contributed by atoms with E-state index >= 15 is 0 Å². The highest BCUT2D eigenvalue weighted by atomic mass is 35.5. The molecule has 0 saturated carbocycles. The lowest BCUT2D eigenvalue weighted by Gasteiger charge is -2.31. The van der Waals surface area contributed by atoms with E-state index in [1.165, 1.54) is 18.4 Å². The zero-order valence-corrected chi connectivity index (χ0v) is 13.6. The van der Waals surface area contributed by atoms with E-state index in [2.05, 4.69) is 36.6 Å². The molecule has 0 amide bonds. The first-order chi connectivity index (χ1) is 9.65. The lowest BCUT2D eigenvalue weighted by Crippen LogP contribution is -2.42. The molecule has 1 saturated heterocycles. The van der Waals surface area contributed by atoms with Crippen LogP contribution < -0.4 is 20.1 Å². The fourth-order valence-electron chi connectivity index (χ4n) is 2.87. The summed E-state index contributed by atoms with van der Waals surface area (Å²) in [6, 6.07) is 6.23. The van der Waals surface area contributed by atoms with E-state index < -0.39 is 0 Å². The van der Waals surface area contributed by atoms with Gasteiger partial charge in [-0.1, -0.05) is 6.07 Å². The van der Waals surface area contributed by atoms with Crippen LogP contribution in [0.15, 0.2) is 18.2 Å². The van der Waals surface area contributed by atoms with Gasteiger partial charge in [0.05, 0.1) is 0 Å². The molecular weight excluding hydrogens is 288 g/mol. The van der Waals surface area contributed by atoms with E-state index in [0.29, 0.717) is 6.79 Å². The molecular formula is C16H25ClN2O2. The fourth-order valence-corrected chi connectivity index (χ4v) is 2.87. The van der Waals surface area contributed by atoms with Crippen LogP contribution >= 0.6 is 12.4 Å². The van der Waals surface area contributed by atoms with Gasteiger partial charge in [0, 0.05) is 5.54 Å². The van der Waals surface area contributed by atoms with Gasteiger partial charge < -0.3 is 20.1 Å². The van der Waals surface area contributed by atoms with Crippen molar-refractivity contribution in [3.05, 3.63) is 23.8 Å². The van der Waals surface area contributed by atoms with Crippen LogP contribution in [0.4, 0.5) is 0 Å². The molecule has 0 aromatic heterocycles. The largest absolute Gasteiger partial charge is 0.454 e. The number of piperidine rings is 1. The van der Waals surface area contributed by atoms with Gasteiger partial charge in [-0.25, -0.2) is 0 Å². The van der Waals surface area contributed by atoms with Crippen LogP contribution in [0.2, 0.25) is 0 Å². The minimum Gasteiger partial charge on any atom is -0.454 e. The predicted octanol–water partition coefficient (Wildman–Crippen LogP) is 2.66. The monoisotopic (exact) mass is 312 g/mol. The van der Waals surface area contributed by atoms with Crippen molar-refractivity contribution in [1.82, 2.24) is 10.6 Å². The number of rotatable bonds is 4. The molecule has 0 radical (unpaired) electrons. The quantitative estimate of drug-likeness (QED) is 0.897. The Labute approximate surface area is 133 Å². The van der Waals surface area contributed by atoms with Crippen molar-refractivity contribution in [3.8, 4) is 11.5 Å². The molecule has 21 heavy (non-hydrogen) atoms. The Balaban J connectivity index is 0.00000161. The standard InChI is InChI=1S/C16H24N2O2.ClH/c1-16(2,18-10-12-5-7-17-8-6-12)13-3-4-14-15(9-13)20-11-19-14;/h3-4,9,12,17-18H,5-8,10-11H2,1-2H3;1H. The maximum absolute atomic E-state index is 5.47. The molecule has 4 nitrogen and oxygen atoms in total. The highest BCUT2D eigenvalue weighted by Crippen LogP contribution is 2.35. The summed E-state index contributed by atoms with van der Waals surface area (Å²) in [4.78, 5) is 0. The predicted molar refractivity (Wildman–Crippen MR) is 86.4 cm³/mol. The highest BCUT2D eigenvalue weighted by Gasteiger charge is 2.25. The van der Waals surface area contributed by atoms with Crippen molar-refractivity contribution >= 4 is 12.4 Å². The normalized spacial score (nSPS) is 18.4. The topological polar surface area (TPSA) is 42.5 Å². The summed E-state index contributed by atoms with van der Waals surface area (Å²) in [7, 11) is 0. The van der Waals surface area contributed by atoms with E-state index in [4.69, 9.17) is 9.47 Å². The zero-order chi connectivity index (χ0) is 14.0. The molecule has 1 fully saturated rings. The molecule has 2 aliphatic rings. The van der Waals surface area contributed by atoms with Gasteiger partial charge in [-0.3, -0.25) is 0 Å². The number of ether oxygens (including phenoxy) is 2. The molecule has 0 bridgehead atoms. The lowest BCUT2D eigenvalue weighted by molar-refractivity contribution is 0.174. The Morgan fingerprint density at radius 1 is 1.19 bits per heavy atom. The van der Waals surface area contributed by atoms with E-state index in [1.54, 1.807) is 0 Å². The first-order valence-corrected chi connectivity index (χ1v) is 7.51. The molecule has 2 heterocycles. The number of fused-ring (bicyclic) bond motifs is 1. The van der Waals surface area contributed by atoms with Crippen LogP contribution in [-0.4, -0.2) is 26.4 Å². The first-order valence-electron chi connectivity index (χ1n) is 7.51. The molecule has 1 aromatic carbocycles. The van der Waals surface area contributed by atoms with Crippen molar-refractivity contribution in [1.29, 1.82) is 0 Å². The number of hydrogen-bond acceptors (Lipinski definition) is 4. The summed E-state index contributed by atoms with van der Waals surface area (Å²) < 4.78 is 10.8. The minimum absolute atomic E-state index is 0. The molecule has 118 valence electrons. The maximum atomic E-state index is 5.47. The Bertz CT molecular complexity index is 473. The molecule has 1 aromatic rings. The average Bonchev–Trinajstić information content (AvgIpc) is 2.94. The summed E-state index contributed by atoms with van der Waals surface area (Å²) in [6.45, 7) is 8.16. The molecule has 0 unspecified atom stereocenters. The van der Waals surface area contributed by atoms with Gasteiger partial charge in [-0.15, -0.1) is 12.4 Å². The second-order valence-electron chi connectivity index (χ2n) is 6.27. The average molecular weight is 313 g/mol. The van der Waals surface area contributed by atoms with E-state index in [0.717, 1.165) is 37.1 Å². The summed E-state index contributed by atoms with van der Waals surface area (Å²) in [6.07, 6.45) is 2.54. The van der Waals surface area contributed by atoms with Crippen molar-refractivity contribution < 1.29 is 9.47 Å². The van der Waals surface area contributed by atoms with Gasteiger partial charge in [0.1, 0.15) is 0 Å². The van der Waals surface area contributed by atoms with Crippen molar-refractivity contribution in [2.24, 2.45) is 5.92 Å². The van der Waals surface area contributed by atoms with Crippen LogP contribution in [-0.2, 0) is 5.54 Å². The number of nitrogens with one attached hydrogen (secondary N) is 2. The summed E-state index contributed by atoms with van der Waals surface area (Å²) >= 11 is 0. The van der Waals surface area contributed by atoms with Crippen LogP contribution in [0.1, 0.15) is 32.3 Å². The third kappa shape index (κ3) is 3.82. The first kappa shape index (κ1) is 16.4. The summed E-state index contributed by atoms with van der Waals surface area (Å²) in [5.74, 6) is 2.49. The molecule has 2 aliphatic heterocycles. The van der Waals surface area contributed by atoms with Gasteiger partial charge >= 0.3 is 0 Å². The second-order valence-corrected chi connectivity index (χ2v) is 6.27. The second kappa shape index (κ2) is 6.86. The number of hydrogen-bond donors (Lipinski definition) is 2. The SMILES string of the molecule is CC(C)(NCC1CCNCC1)c1ccc2c(c1)OCO2.Cl. The van der Waals surface area contributed by atoms with Gasteiger partial charge in [-0.05, 0) is 69.9 Å². The third-order valence-corrected chi connectivity index (χ3v) is 4.39. The Kier molecular flexibility index (Phi) is 5.36. The van der Waals surface area contributed by atoms with Gasteiger partial charge in [-0.2, -0.15) is 0 Å².